The van der Waals surface area contributed by atoms with Gasteiger partial charge in [0.1, 0.15) is 18.0 Å². The van der Waals surface area contributed by atoms with Crippen LogP contribution in [0.25, 0.3) is 0 Å². The molecular formula is C25H31N7O2. The smallest absolute Gasteiger partial charge is 0.185 e. The summed E-state index contributed by atoms with van der Waals surface area (Å²) in [5.41, 5.74) is 4.21. The molecule has 0 unspecified atom stereocenters. The molecule has 0 amide bonds. The Morgan fingerprint density at radius 1 is 1.15 bits per heavy atom. The molecule has 178 valence electrons. The molecule has 9 heteroatoms. The van der Waals surface area contributed by atoms with Gasteiger partial charge in [-0.05, 0) is 45.0 Å². The molecule has 0 radical (unpaired) electrons. The van der Waals surface area contributed by atoms with Crippen molar-refractivity contribution >= 4 is 17.2 Å². The van der Waals surface area contributed by atoms with E-state index >= 15 is 0 Å². The van der Waals surface area contributed by atoms with Crippen LogP contribution in [0.5, 0.6) is 5.75 Å². The van der Waals surface area contributed by atoms with E-state index in [2.05, 4.69) is 37.6 Å². The van der Waals surface area contributed by atoms with Crippen LogP contribution in [0.1, 0.15) is 48.7 Å². The van der Waals surface area contributed by atoms with Crippen LogP contribution >= 0.6 is 0 Å². The van der Waals surface area contributed by atoms with Gasteiger partial charge < -0.3 is 25.0 Å². The monoisotopic (exact) mass is 461 g/mol. The second kappa shape index (κ2) is 9.02. The number of anilines is 3. The summed E-state index contributed by atoms with van der Waals surface area (Å²) in [6.45, 7) is 9.45. The van der Waals surface area contributed by atoms with E-state index in [1.165, 1.54) is 0 Å². The molecule has 2 aromatic rings. The fourth-order valence-corrected chi connectivity index (χ4v) is 5.55. The predicted molar refractivity (Wildman–Crippen MR) is 129 cm³/mol. The molecule has 1 atom stereocenters. The SMILES string of the molecule is C[C@@H]1Oc2c(cc(C3CCN(C4CNC4)CC3)nc2C#N)Nc2nccc(N3CCOCC3)c21. The van der Waals surface area contributed by atoms with Crippen molar-refractivity contribution in [3.8, 4) is 11.8 Å². The first kappa shape index (κ1) is 21.6. The van der Waals surface area contributed by atoms with Gasteiger partial charge in [0.25, 0.3) is 0 Å². The number of morpholine rings is 1. The zero-order valence-electron chi connectivity index (χ0n) is 19.6. The first-order chi connectivity index (χ1) is 16.7. The first-order valence-electron chi connectivity index (χ1n) is 12.4. The minimum Gasteiger partial charge on any atom is -0.481 e. The lowest BCUT2D eigenvalue weighted by Crippen LogP contribution is -2.58. The highest BCUT2D eigenvalue weighted by Crippen LogP contribution is 2.44. The summed E-state index contributed by atoms with van der Waals surface area (Å²) in [5, 5.41) is 16.8. The summed E-state index contributed by atoms with van der Waals surface area (Å²) >= 11 is 0. The summed E-state index contributed by atoms with van der Waals surface area (Å²) in [4.78, 5) is 14.3. The largest absolute Gasteiger partial charge is 0.481 e. The van der Waals surface area contributed by atoms with E-state index in [4.69, 9.17) is 14.5 Å². The fourth-order valence-electron chi connectivity index (χ4n) is 5.55. The van der Waals surface area contributed by atoms with E-state index in [1.54, 1.807) is 0 Å². The van der Waals surface area contributed by atoms with E-state index in [0.29, 0.717) is 36.6 Å². The number of nitriles is 1. The molecule has 6 heterocycles. The van der Waals surface area contributed by atoms with Gasteiger partial charge in [-0.25, -0.2) is 9.97 Å². The highest BCUT2D eigenvalue weighted by atomic mass is 16.5. The van der Waals surface area contributed by atoms with E-state index in [0.717, 1.165) is 80.6 Å². The van der Waals surface area contributed by atoms with Crippen molar-refractivity contribution in [1.29, 1.82) is 5.26 Å². The molecule has 0 aliphatic carbocycles. The Labute approximate surface area is 200 Å². The third kappa shape index (κ3) is 3.86. The van der Waals surface area contributed by atoms with E-state index in [-0.39, 0.29) is 6.10 Å². The van der Waals surface area contributed by atoms with Crippen molar-refractivity contribution < 1.29 is 9.47 Å². The molecule has 6 rings (SSSR count). The molecule has 0 spiro atoms. The van der Waals surface area contributed by atoms with Gasteiger partial charge in [0, 0.05) is 55.7 Å². The third-order valence-electron chi connectivity index (χ3n) is 7.60. The zero-order valence-corrected chi connectivity index (χ0v) is 19.6. The third-order valence-corrected chi connectivity index (χ3v) is 7.60. The molecule has 34 heavy (non-hydrogen) atoms. The van der Waals surface area contributed by atoms with Crippen LogP contribution in [-0.4, -0.2) is 73.4 Å². The average Bonchev–Trinajstić information content (AvgIpc) is 2.99. The van der Waals surface area contributed by atoms with E-state index in [1.807, 2.05) is 19.2 Å². The van der Waals surface area contributed by atoms with Crippen LogP contribution in [0, 0.1) is 11.3 Å². The van der Waals surface area contributed by atoms with Crippen LogP contribution in [0.2, 0.25) is 0 Å². The maximum absolute atomic E-state index is 9.95. The molecule has 4 aliphatic rings. The highest BCUT2D eigenvalue weighted by molar-refractivity contribution is 5.75. The number of nitrogens with zero attached hydrogens (tertiary/aromatic N) is 5. The van der Waals surface area contributed by atoms with Gasteiger partial charge in [-0.2, -0.15) is 5.26 Å². The molecule has 2 N–H and O–H groups in total. The van der Waals surface area contributed by atoms with Crippen LogP contribution in [0.4, 0.5) is 17.2 Å². The minimum absolute atomic E-state index is 0.269. The van der Waals surface area contributed by atoms with Gasteiger partial charge in [-0.3, -0.25) is 4.90 Å². The van der Waals surface area contributed by atoms with Crippen LogP contribution in [0.15, 0.2) is 18.3 Å². The summed E-state index contributed by atoms with van der Waals surface area (Å²) in [5.74, 6) is 1.64. The zero-order chi connectivity index (χ0) is 23.1. The summed E-state index contributed by atoms with van der Waals surface area (Å²) in [7, 11) is 0. The number of pyridine rings is 2. The Hall–Kier alpha value is -2.93. The van der Waals surface area contributed by atoms with Gasteiger partial charge in [0.15, 0.2) is 11.4 Å². The van der Waals surface area contributed by atoms with Crippen molar-refractivity contribution in [2.24, 2.45) is 0 Å². The number of ether oxygens (including phenoxy) is 2. The van der Waals surface area contributed by atoms with E-state index < -0.39 is 0 Å². The average molecular weight is 462 g/mol. The lowest BCUT2D eigenvalue weighted by atomic mass is 9.91. The summed E-state index contributed by atoms with van der Waals surface area (Å²) in [6, 6.07) is 7.09. The number of fused-ring (bicyclic) bond motifs is 2. The molecule has 0 saturated carbocycles. The quantitative estimate of drug-likeness (QED) is 0.714. The normalized spacial score (nSPS) is 23.5. The molecular weight excluding hydrogens is 430 g/mol. The number of aromatic nitrogens is 2. The topological polar surface area (TPSA) is 98.6 Å². The maximum atomic E-state index is 9.95. The van der Waals surface area contributed by atoms with Gasteiger partial charge in [0.2, 0.25) is 0 Å². The minimum atomic E-state index is -0.269. The van der Waals surface area contributed by atoms with E-state index in [9.17, 15) is 5.26 Å². The van der Waals surface area contributed by atoms with Crippen molar-refractivity contribution in [2.75, 3.05) is 62.7 Å². The van der Waals surface area contributed by atoms with Crippen LogP contribution < -0.4 is 20.3 Å². The maximum Gasteiger partial charge on any atom is 0.185 e. The Kier molecular flexibility index (Phi) is 5.73. The Morgan fingerprint density at radius 3 is 2.65 bits per heavy atom. The number of hydrogen-bond donors (Lipinski definition) is 2. The Bertz CT molecular complexity index is 1100. The Balaban J connectivity index is 1.31. The predicted octanol–water partition coefficient (Wildman–Crippen LogP) is 2.53. The molecule has 3 fully saturated rings. The first-order valence-corrected chi connectivity index (χ1v) is 12.4. The van der Waals surface area contributed by atoms with Gasteiger partial charge in [0.05, 0.1) is 24.5 Å². The van der Waals surface area contributed by atoms with Crippen LogP contribution in [0.3, 0.4) is 0 Å². The van der Waals surface area contributed by atoms with Crippen molar-refractivity contribution in [2.45, 2.75) is 37.8 Å². The van der Waals surface area contributed by atoms with Gasteiger partial charge in [-0.15, -0.1) is 0 Å². The lowest BCUT2D eigenvalue weighted by molar-refractivity contribution is 0.112. The number of hydrogen-bond acceptors (Lipinski definition) is 9. The molecule has 0 bridgehead atoms. The fraction of sp³-hybridized carbons (Fsp3) is 0.560. The van der Waals surface area contributed by atoms with Gasteiger partial charge >= 0.3 is 0 Å². The highest BCUT2D eigenvalue weighted by Gasteiger charge is 2.32. The van der Waals surface area contributed by atoms with Crippen molar-refractivity contribution in [3.63, 3.8) is 0 Å². The molecule has 4 aliphatic heterocycles. The standard InChI is InChI=1S/C25H31N7O2/c1-16-23-22(32-8-10-33-11-9-32)2-5-28-25(23)30-20-12-19(29-21(13-26)24(20)34-16)17-3-6-31(7-4-17)18-14-27-15-18/h2,5,12,16-18,27H,3-4,6-11,14-15H2,1H3,(H,28,30)/t16-/m0/s1. The lowest BCUT2D eigenvalue weighted by Gasteiger charge is -2.42. The molecule has 2 aromatic heterocycles. The number of nitrogens with one attached hydrogen (secondary N) is 2. The van der Waals surface area contributed by atoms with Crippen molar-refractivity contribution in [3.05, 3.63) is 35.3 Å². The molecule has 9 nitrogen and oxygen atoms in total. The van der Waals surface area contributed by atoms with Gasteiger partial charge in [-0.1, -0.05) is 0 Å². The summed E-state index contributed by atoms with van der Waals surface area (Å²) in [6.07, 6.45) is 3.68. The number of likely N-dealkylation sites (tertiary alicyclic amines) is 1. The second-order valence-corrected chi connectivity index (χ2v) is 9.58. The van der Waals surface area contributed by atoms with Crippen molar-refractivity contribution in [1.82, 2.24) is 20.2 Å². The Morgan fingerprint density at radius 2 is 1.94 bits per heavy atom. The van der Waals surface area contributed by atoms with Crippen LogP contribution in [-0.2, 0) is 4.74 Å². The second-order valence-electron chi connectivity index (χ2n) is 9.58. The molecule has 0 aromatic carbocycles. The number of piperidine rings is 1. The summed E-state index contributed by atoms with van der Waals surface area (Å²) < 4.78 is 11.9. The number of rotatable bonds is 3. The molecule has 3 saturated heterocycles.